The lowest BCUT2D eigenvalue weighted by Gasteiger charge is -2.03. The molecule has 16 heavy (non-hydrogen) atoms. The second-order valence-electron chi connectivity index (χ2n) is 3.59. The Kier molecular flexibility index (Phi) is 3.26. The number of aromatic nitrogens is 3. The highest BCUT2D eigenvalue weighted by molar-refractivity contribution is 7.14. The Morgan fingerprint density at radius 3 is 2.88 bits per heavy atom. The molecule has 0 aliphatic heterocycles. The minimum absolute atomic E-state index is 0.239. The Labute approximate surface area is 98.8 Å². The van der Waals surface area contributed by atoms with Crippen LogP contribution in [0.2, 0.25) is 0 Å². The highest BCUT2D eigenvalue weighted by Gasteiger charge is 2.12. The van der Waals surface area contributed by atoms with Gasteiger partial charge >= 0.3 is 0 Å². The molecule has 0 aliphatic carbocycles. The fourth-order valence-corrected chi connectivity index (χ4v) is 2.33. The fraction of sp³-hybridized carbons (Fsp3) is 0.364. The number of hydrogen-bond donors (Lipinski definition) is 1. The van der Waals surface area contributed by atoms with Crippen molar-refractivity contribution in [2.75, 3.05) is 7.05 Å². The molecule has 1 unspecified atom stereocenters. The van der Waals surface area contributed by atoms with Crippen molar-refractivity contribution in [3.8, 4) is 10.6 Å². The van der Waals surface area contributed by atoms with Crippen molar-refractivity contribution in [3.05, 3.63) is 29.0 Å². The van der Waals surface area contributed by atoms with Crippen LogP contribution in [-0.4, -0.2) is 22.2 Å². The second-order valence-corrected chi connectivity index (χ2v) is 4.60. The summed E-state index contributed by atoms with van der Waals surface area (Å²) in [6, 6.07) is 4.19. The van der Waals surface area contributed by atoms with Gasteiger partial charge in [-0.1, -0.05) is 11.3 Å². The van der Waals surface area contributed by atoms with Crippen LogP contribution < -0.4 is 5.32 Å². The highest BCUT2D eigenvalue weighted by Crippen LogP contribution is 2.27. The first kappa shape index (κ1) is 11.2. The summed E-state index contributed by atoms with van der Waals surface area (Å²) in [6.07, 6.45) is 1.79. The summed E-state index contributed by atoms with van der Waals surface area (Å²) < 4.78 is 0. The quantitative estimate of drug-likeness (QED) is 0.884. The van der Waals surface area contributed by atoms with Gasteiger partial charge in [0.25, 0.3) is 0 Å². The zero-order valence-electron chi connectivity index (χ0n) is 9.56. The van der Waals surface area contributed by atoms with Crippen LogP contribution in [0.5, 0.6) is 0 Å². The van der Waals surface area contributed by atoms with Gasteiger partial charge in [-0.05, 0) is 33.0 Å². The van der Waals surface area contributed by atoms with Gasteiger partial charge in [0.05, 0.1) is 6.04 Å². The predicted octanol–water partition coefficient (Wildman–Crippen LogP) is 2.19. The number of aryl methyl sites for hydroxylation is 1. The molecule has 0 aliphatic rings. The summed E-state index contributed by atoms with van der Waals surface area (Å²) in [5, 5.41) is 13.5. The first-order valence-corrected chi connectivity index (χ1v) is 5.96. The topological polar surface area (TPSA) is 50.7 Å². The lowest BCUT2D eigenvalue weighted by Crippen LogP contribution is -2.11. The summed E-state index contributed by atoms with van der Waals surface area (Å²) in [4.78, 5) is 4.25. The van der Waals surface area contributed by atoms with Crippen molar-refractivity contribution < 1.29 is 0 Å². The lowest BCUT2D eigenvalue weighted by molar-refractivity contribution is 0.640. The van der Waals surface area contributed by atoms with Crippen molar-refractivity contribution in [2.24, 2.45) is 0 Å². The molecule has 2 aromatic rings. The van der Waals surface area contributed by atoms with E-state index in [1.54, 1.807) is 17.5 Å². The molecule has 0 bridgehead atoms. The van der Waals surface area contributed by atoms with Gasteiger partial charge in [-0.25, -0.2) is 0 Å². The van der Waals surface area contributed by atoms with E-state index in [4.69, 9.17) is 0 Å². The van der Waals surface area contributed by atoms with E-state index < -0.39 is 0 Å². The van der Waals surface area contributed by atoms with E-state index in [1.807, 2.05) is 26.1 Å². The van der Waals surface area contributed by atoms with E-state index in [9.17, 15) is 0 Å². The van der Waals surface area contributed by atoms with Crippen LogP contribution in [0.3, 0.4) is 0 Å². The molecule has 0 saturated carbocycles. The first-order chi connectivity index (χ1) is 7.72. The molecule has 2 aromatic heterocycles. The van der Waals surface area contributed by atoms with Crippen molar-refractivity contribution in [2.45, 2.75) is 19.9 Å². The van der Waals surface area contributed by atoms with Crippen LogP contribution in [-0.2, 0) is 0 Å². The van der Waals surface area contributed by atoms with Crippen molar-refractivity contribution in [1.29, 1.82) is 0 Å². The molecule has 2 heterocycles. The van der Waals surface area contributed by atoms with Crippen molar-refractivity contribution >= 4 is 11.3 Å². The summed E-state index contributed by atoms with van der Waals surface area (Å²) in [7, 11) is 1.92. The smallest absolute Gasteiger partial charge is 0.149 e. The van der Waals surface area contributed by atoms with Crippen molar-refractivity contribution in [3.63, 3.8) is 0 Å². The zero-order valence-corrected chi connectivity index (χ0v) is 10.4. The van der Waals surface area contributed by atoms with Crippen LogP contribution in [0.15, 0.2) is 18.3 Å². The summed E-state index contributed by atoms with van der Waals surface area (Å²) >= 11 is 1.61. The van der Waals surface area contributed by atoms with Crippen LogP contribution in [0.25, 0.3) is 10.6 Å². The van der Waals surface area contributed by atoms with Gasteiger partial charge in [-0.3, -0.25) is 4.98 Å². The van der Waals surface area contributed by atoms with Crippen LogP contribution >= 0.6 is 11.3 Å². The molecule has 0 radical (unpaired) electrons. The number of hydrogen-bond acceptors (Lipinski definition) is 5. The third-order valence-corrected chi connectivity index (χ3v) is 3.62. The minimum atomic E-state index is 0.239. The Balaban J connectivity index is 2.35. The molecular formula is C11H14N4S. The standard InChI is InChI=1S/C11H14N4S/c1-7-9(5-4-6-13-7)11-15-14-10(16-11)8(2)12-3/h4-6,8,12H,1-3H3. The van der Waals surface area contributed by atoms with E-state index in [-0.39, 0.29) is 6.04 Å². The maximum Gasteiger partial charge on any atom is 0.149 e. The monoisotopic (exact) mass is 234 g/mol. The minimum Gasteiger partial charge on any atom is -0.311 e. The lowest BCUT2D eigenvalue weighted by atomic mass is 10.2. The Hall–Kier alpha value is -1.33. The molecule has 1 atom stereocenters. The Morgan fingerprint density at radius 1 is 1.38 bits per heavy atom. The van der Waals surface area contributed by atoms with Gasteiger partial charge < -0.3 is 5.32 Å². The number of rotatable bonds is 3. The molecule has 0 saturated heterocycles. The zero-order chi connectivity index (χ0) is 11.5. The molecule has 5 heteroatoms. The third kappa shape index (κ3) is 2.10. The van der Waals surface area contributed by atoms with E-state index in [0.29, 0.717) is 0 Å². The Morgan fingerprint density at radius 2 is 2.19 bits per heavy atom. The van der Waals surface area contributed by atoms with E-state index in [0.717, 1.165) is 21.3 Å². The predicted molar refractivity (Wildman–Crippen MR) is 65.4 cm³/mol. The number of pyridine rings is 1. The number of nitrogens with one attached hydrogen (secondary N) is 1. The van der Waals surface area contributed by atoms with Gasteiger partial charge in [-0.2, -0.15) is 0 Å². The van der Waals surface area contributed by atoms with E-state index >= 15 is 0 Å². The molecule has 4 nitrogen and oxygen atoms in total. The van der Waals surface area contributed by atoms with Crippen LogP contribution in [0.4, 0.5) is 0 Å². The maximum atomic E-state index is 4.25. The van der Waals surface area contributed by atoms with Gasteiger partial charge in [-0.15, -0.1) is 10.2 Å². The van der Waals surface area contributed by atoms with Crippen LogP contribution in [0, 0.1) is 6.92 Å². The first-order valence-electron chi connectivity index (χ1n) is 5.15. The second kappa shape index (κ2) is 4.67. The average molecular weight is 234 g/mol. The molecule has 0 aromatic carbocycles. The van der Waals surface area contributed by atoms with Gasteiger partial charge in [0.2, 0.25) is 0 Å². The van der Waals surface area contributed by atoms with Gasteiger partial charge in [0, 0.05) is 17.5 Å². The van der Waals surface area contributed by atoms with Crippen molar-refractivity contribution in [1.82, 2.24) is 20.5 Å². The SMILES string of the molecule is CNC(C)c1nnc(-c2cccnc2C)s1. The third-order valence-electron chi connectivity index (χ3n) is 2.48. The molecule has 84 valence electrons. The summed E-state index contributed by atoms with van der Waals surface area (Å²) in [5.41, 5.74) is 2.05. The normalized spacial score (nSPS) is 12.7. The van der Waals surface area contributed by atoms with E-state index in [2.05, 4.69) is 27.4 Å². The summed E-state index contributed by atoms with van der Waals surface area (Å²) in [6.45, 7) is 4.05. The molecular weight excluding hydrogens is 220 g/mol. The molecule has 0 spiro atoms. The number of nitrogens with zero attached hydrogens (tertiary/aromatic N) is 3. The van der Waals surface area contributed by atoms with Crippen LogP contribution in [0.1, 0.15) is 23.7 Å². The van der Waals surface area contributed by atoms with E-state index in [1.165, 1.54) is 0 Å². The largest absolute Gasteiger partial charge is 0.311 e. The van der Waals surface area contributed by atoms with Gasteiger partial charge in [0.15, 0.2) is 0 Å². The Bertz CT molecular complexity index is 480. The molecule has 0 fully saturated rings. The molecule has 0 amide bonds. The molecule has 2 rings (SSSR count). The van der Waals surface area contributed by atoms with Gasteiger partial charge in [0.1, 0.15) is 10.0 Å². The average Bonchev–Trinajstić information content (AvgIpc) is 2.78. The summed E-state index contributed by atoms with van der Waals surface area (Å²) in [5.74, 6) is 0. The highest BCUT2D eigenvalue weighted by atomic mass is 32.1. The fourth-order valence-electron chi connectivity index (χ4n) is 1.35. The maximum absolute atomic E-state index is 4.25. The molecule has 1 N–H and O–H groups in total.